The first-order valence-corrected chi connectivity index (χ1v) is 7.97. The molecule has 22 heavy (non-hydrogen) atoms. The highest BCUT2D eigenvalue weighted by Gasteiger charge is 2.27. The molecule has 1 N–H and O–H groups in total. The summed E-state index contributed by atoms with van der Waals surface area (Å²) >= 11 is 0. The molecule has 5 heteroatoms. The van der Waals surface area contributed by atoms with E-state index in [-0.39, 0.29) is 6.61 Å². The summed E-state index contributed by atoms with van der Waals surface area (Å²) in [6.45, 7) is 4.92. The summed E-state index contributed by atoms with van der Waals surface area (Å²) in [5.74, 6) is 1.84. The average Bonchev–Trinajstić information content (AvgIpc) is 2.87. The zero-order valence-electron chi connectivity index (χ0n) is 13.2. The first kappa shape index (κ1) is 15.0. The van der Waals surface area contributed by atoms with Gasteiger partial charge in [0.2, 0.25) is 0 Å². The number of hydrogen-bond acceptors (Lipinski definition) is 4. The first-order chi connectivity index (χ1) is 10.7. The summed E-state index contributed by atoms with van der Waals surface area (Å²) in [6, 6.07) is 7.91. The lowest BCUT2D eigenvalue weighted by Gasteiger charge is -2.26. The second-order valence-corrected chi connectivity index (χ2v) is 6.32. The number of aliphatic hydroxyl groups is 1. The van der Waals surface area contributed by atoms with E-state index >= 15 is 0 Å². The molecule has 0 saturated heterocycles. The fraction of sp³-hybridized carbons (Fsp3) is 0.529. The van der Waals surface area contributed by atoms with E-state index in [2.05, 4.69) is 24.2 Å². The van der Waals surface area contributed by atoms with E-state index in [4.69, 9.17) is 4.74 Å². The van der Waals surface area contributed by atoms with E-state index in [9.17, 15) is 5.11 Å². The third-order valence-corrected chi connectivity index (χ3v) is 4.08. The molecule has 1 aromatic carbocycles. The molecule has 0 spiro atoms. The van der Waals surface area contributed by atoms with Crippen LogP contribution in [0.5, 0.6) is 5.75 Å². The van der Waals surface area contributed by atoms with E-state index < -0.39 is 0 Å². The Morgan fingerprint density at radius 2 is 2.00 bits per heavy atom. The quantitative estimate of drug-likeness (QED) is 0.891. The largest absolute Gasteiger partial charge is 0.493 e. The Morgan fingerprint density at radius 1 is 1.27 bits per heavy atom. The van der Waals surface area contributed by atoms with Gasteiger partial charge in [-0.25, -0.2) is 4.68 Å². The fourth-order valence-electron chi connectivity index (χ4n) is 2.66. The van der Waals surface area contributed by atoms with E-state index in [1.54, 1.807) is 0 Å². The third kappa shape index (κ3) is 2.99. The maximum atomic E-state index is 9.48. The van der Waals surface area contributed by atoms with Crippen molar-refractivity contribution in [2.75, 3.05) is 6.61 Å². The van der Waals surface area contributed by atoms with E-state index in [0.717, 1.165) is 30.0 Å². The molecule has 0 aliphatic heterocycles. The molecule has 1 heterocycles. The van der Waals surface area contributed by atoms with Crippen LogP contribution in [-0.4, -0.2) is 26.7 Å². The molecule has 1 saturated carbocycles. The Kier molecular flexibility index (Phi) is 4.43. The minimum Gasteiger partial charge on any atom is -0.493 e. The lowest BCUT2D eigenvalue weighted by Crippen LogP contribution is -2.16. The molecule has 1 aliphatic carbocycles. The van der Waals surface area contributed by atoms with Gasteiger partial charge in [0.15, 0.2) is 0 Å². The molecule has 0 unspecified atom stereocenters. The van der Waals surface area contributed by atoms with Crippen LogP contribution in [0.3, 0.4) is 0 Å². The maximum Gasteiger partial charge on any atom is 0.119 e. The molecule has 3 rings (SSSR count). The smallest absolute Gasteiger partial charge is 0.119 e. The number of aliphatic hydroxyl groups excluding tert-OH is 1. The van der Waals surface area contributed by atoms with Crippen molar-refractivity contribution in [3.63, 3.8) is 0 Å². The van der Waals surface area contributed by atoms with Crippen LogP contribution in [0, 0.1) is 5.92 Å². The van der Waals surface area contributed by atoms with Crippen LogP contribution in [0.25, 0.3) is 5.69 Å². The molecule has 5 nitrogen and oxygen atoms in total. The zero-order valence-corrected chi connectivity index (χ0v) is 13.2. The number of ether oxygens (including phenoxy) is 1. The lowest BCUT2D eigenvalue weighted by atomic mass is 9.82. The monoisotopic (exact) mass is 301 g/mol. The van der Waals surface area contributed by atoms with Crippen LogP contribution in [0.1, 0.15) is 50.4 Å². The minimum absolute atomic E-state index is 0.0542. The summed E-state index contributed by atoms with van der Waals surface area (Å²) in [5.41, 5.74) is 2.72. The number of aromatic nitrogens is 3. The summed E-state index contributed by atoms with van der Waals surface area (Å²) in [7, 11) is 0. The van der Waals surface area contributed by atoms with Crippen molar-refractivity contribution < 1.29 is 9.84 Å². The summed E-state index contributed by atoms with van der Waals surface area (Å²) in [4.78, 5) is 0. The van der Waals surface area contributed by atoms with Crippen molar-refractivity contribution in [3.05, 3.63) is 35.7 Å². The Morgan fingerprint density at radius 3 is 2.55 bits per heavy atom. The van der Waals surface area contributed by atoms with Gasteiger partial charge in [0.05, 0.1) is 24.6 Å². The fourth-order valence-corrected chi connectivity index (χ4v) is 2.66. The first-order valence-electron chi connectivity index (χ1n) is 7.97. The second kappa shape index (κ2) is 6.48. The Labute approximate surface area is 130 Å². The van der Waals surface area contributed by atoms with Gasteiger partial charge in [-0.1, -0.05) is 25.5 Å². The van der Waals surface area contributed by atoms with Crippen LogP contribution in [0.15, 0.2) is 24.3 Å². The molecule has 0 atom stereocenters. The van der Waals surface area contributed by atoms with Crippen molar-refractivity contribution in [3.8, 4) is 11.4 Å². The molecule has 118 valence electrons. The van der Waals surface area contributed by atoms with Gasteiger partial charge < -0.3 is 9.84 Å². The number of nitrogens with zero attached hydrogens (tertiary/aromatic N) is 3. The van der Waals surface area contributed by atoms with Gasteiger partial charge in [0.1, 0.15) is 11.4 Å². The van der Waals surface area contributed by atoms with E-state index in [1.165, 1.54) is 6.42 Å². The molecule has 1 aromatic heterocycles. The third-order valence-electron chi connectivity index (χ3n) is 4.08. The minimum atomic E-state index is -0.0542. The maximum absolute atomic E-state index is 9.48. The predicted molar refractivity (Wildman–Crippen MR) is 84.2 cm³/mol. The average molecular weight is 301 g/mol. The number of rotatable bonds is 6. The van der Waals surface area contributed by atoms with Crippen molar-refractivity contribution in [2.24, 2.45) is 5.92 Å². The molecule has 1 fully saturated rings. The SMILES string of the molecule is CC(C)COc1ccc(-n2nnc(CO)c2C2CCC2)cc1. The molecule has 2 aromatic rings. The summed E-state index contributed by atoms with van der Waals surface area (Å²) in [6.07, 6.45) is 3.54. The highest BCUT2D eigenvalue weighted by atomic mass is 16.5. The standard InChI is InChI=1S/C17H23N3O2/c1-12(2)11-22-15-8-6-14(7-9-15)20-17(13-4-3-5-13)16(10-21)18-19-20/h6-9,12-13,21H,3-5,10-11H2,1-2H3. The van der Waals surface area contributed by atoms with Gasteiger partial charge in [-0.2, -0.15) is 0 Å². The second-order valence-electron chi connectivity index (χ2n) is 6.32. The molecule has 0 radical (unpaired) electrons. The normalized spacial score (nSPS) is 15.1. The van der Waals surface area contributed by atoms with Crippen molar-refractivity contribution in [1.82, 2.24) is 15.0 Å². The summed E-state index contributed by atoms with van der Waals surface area (Å²) in [5, 5.41) is 17.8. The van der Waals surface area contributed by atoms with Crippen LogP contribution < -0.4 is 4.74 Å². The lowest BCUT2D eigenvalue weighted by molar-refractivity contribution is 0.271. The van der Waals surface area contributed by atoms with Gasteiger partial charge in [0, 0.05) is 5.92 Å². The van der Waals surface area contributed by atoms with Crippen LogP contribution >= 0.6 is 0 Å². The van der Waals surface area contributed by atoms with E-state index in [1.807, 2.05) is 28.9 Å². The van der Waals surface area contributed by atoms with E-state index in [0.29, 0.717) is 24.1 Å². The van der Waals surface area contributed by atoms with Gasteiger partial charge in [-0.05, 0) is 43.0 Å². The zero-order chi connectivity index (χ0) is 15.5. The molecular formula is C17H23N3O2. The van der Waals surface area contributed by atoms with Crippen molar-refractivity contribution in [1.29, 1.82) is 0 Å². The number of benzene rings is 1. The Balaban J connectivity index is 1.83. The Bertz CT molecular complexity index is 615. The highest BCUT2D eigenvalue weighted by Crippen LogP contribution is 2.38. The summed E-state index contributed by atoms with van der Waals surface area (Å²) < 4.78 is 7.57. The van der Waals surface area contributed by atoms with Crippen molar-refractivity contribution >= 4 is 0 Å². The van der Waals surface area contributed by atoms with Crippen LogP contribution in [-0.2, 0) is 6.61 Å². The number of hydrogen-bond donors (Lipinski definition) is 1. The van der Waals surface area contributed by atoms with Gasteiger partial charge in [0.25, 0.3) is 0 Å². The van der Waals surface area contributed by atoms with Gasteiger partial charge in [-0.3, -0.25) is 0 Å². The van der Waals surface area contributed by atoms with Gasteiger partial charge in [-0.15, -0.1) is 5.10 Å². The van der Waals surface area contributed by atoms with Crippen molar-refractivity contribution in [2.45, 2.75) is 45.6 Å². The highest BCUT2D eigenvalue weighted by molar-refractivity contribution is 5.39. The molecule has 0 amide bonds. The predicted octanol–water partition coefficient (Wildman–Crippen LogP) is 3.06. The Hall–Kier alpha value is -1.88. The molecular weight excluding hydrogens is 278 g/mol. The van der Waals surface area contributed by atoms with Crippen LogP contribution in [0.2, 0.25) is 0 Å². The van der Waals surface area contributed by atoms with Gasteiger partial charge >= 0.3 is 0 Å². The molecule has 0 bridgehead atoms. The topological polar surface area (TPSA) is 60.2 Å². The molecule has 1 aliphatic rings. The van der Waals surface area contributed by atoms with Crippen LogP contribution in [0.4, 0.5) is 0 Å².